The van der Waals surface area contributed by atoms with Crippen molar-refractivity contribution in [1.82, 2.24) is 0 Å². The number of rotatable bonds is 3. The highest BCUT2D eigenvalue weighted by Crippen LogP contribution is 2.36. The second-order valence-electron chi connectivity index (χ2n) is 5.27. The standard InChI is InChI=1S/C13H18N2O2/c1-10-6-7-13(14,8-10)9-11-4-2-3-5-12(11)15(16)17/h2-5,10H,6-9,14H2,1H3. The van der Waals surface area contributed by atoms with E-state index in [9.17, 15) is 10.1 Å². The minimum atomic E-state index is -0.322. The summed E-state index contributed by atoms with van der Waals surface area (Å²) in [6.07, 6.45) is 3.64. The zero-order valence-corrected chi connectivity index (χ0v) is 10.1. The molecule has 2 N–H and O–H groups in total. The van der Waals surface area contributed by atoms with Gasteiger partial charge in [-0.05, 0) is 31.6 Å². The molecule has 4 nitrogen and oxygen atoms in total. The molecule has 2 unspecified atom stereocenters. The van der Waals surface area contributed by atoms with E-state index in [1.165, 1.54) is 0 Å². The minimum Gasteiger partial charge on any atom is -0.325 e. The van der Waals surface area contributed by atoms with Crippen LogP contribution in [0.15, 0.2) is 24.3 Å². The maximum absolute atomic E-state index is 10.9. The Kier molecular flexibility index (Phi) is 3.15. The Morgan fingerprint density at radius 3 is 2.82 bits per heavy atom. The van der Waals surface area contributed by atoms with Crippen molar-refractivity contribution in [3.8, 4) is 0 Å². The molecule has 2 atom stereocenters. The van der Waals surface area contributed by atoms with E-state index >= 15 is 0 Å². The first-order valence-electron chi connectivity index (χ1n) is 6.01. The van der Waals surface area contributed by atoms with Crippen molar-refractivity contribution < 1.29 is 4.92 Å². The largest absolute Gasteiger partial charge is 0.325 e. The van der Waals surface area contributed by atoms with Gasteiger partial charge in [0.25, 0.3) is 5.69 Å². The van der Waals surface area contributed by atoms with Gasteiger partial charge in [-0.2, -0.15) is 0 Å². The van der Waals surface area contributed by atoms with Crippen molar-refractivity contribution in [3.63, 3.8) is 0 Å². The Morgan fingerprint density at radius 2 is 2.24 bits per heavy atom. The second-order valence-corrected chi connectivity index (χ2v) is 5.27. The van der Waals surface area contributed by atoms with Gasteiger partial charge in [-0.25, -0.2) is 0 Å². The zero-order chi connectivity index (χ0) is 12.5. The fraction of sp³-hybridized carbons (Fsp3) is 0.538. The van der Waals surface area contributed by atoms with Crippen LogP contribution >= 0.6 is 0 Å². The lowest BCUT2D eigenvalue weighted by Gasteiger charge is -2.23. The lowest BCUT2D eigenvalue weighted by Crippen LogP contribution is -2.39. The van der Waals surface area contributed by atoms with Gasteiger partial charge in [-0.1, -0.05) is 25.1 Å². The summed E-state index contributed by atoms with van der Waals surface area (Å²) in [4.78, 5) is 10.6. The zero-order valence-electron chi connectivity index (χ0n) is 10.1. The molecule has 0 heterocycles. The molecule has 0 saturated heterocycles. The van der Waals surface area contributed by atoms with Gasteiger partial charge in [0.1, 0.15) is 0 Å². The number of hydrogen-bond donors (Lipinski definition) is 1. The van der Waals surface area contributed by atoms with Crippen molar-refractivity contribution in [2.24, 2.45) is 11.7 Å². The van der Waals surface area contributed by atoms with E-state index in [1.54, 1.807) is 12.1 Å². The van der Waals surface area contributed by atoms with Crippen LogP contribution in [0.25, 0.3) is 0 Å². The lowest BCUT2D eigenvalue weighted by molar-refractivity contribution is -0.385. The third-order valence-corrected chi connectivity index (χ3v) is 3.62. The van der Waals surface area contributed by atoms with Gasteiger partial charge >= 0.3 is 0 Å². The molecule has 1 aliphatic carbocycles. The molecule has 2 rings (SSSR count). The second kappa shape index (κ2) is 4.45. The van der Waals surface area contributed by atoms with Crippen LogP contribution in [-0.2, 0) is 6.42 Å². The molecule has 4 heteroatoms. The monoisotopic (exact) mass is 234 g/mol. The van der Waals surface area contributed by atoms with Crippen LogP contribution < -0.4 is 5.73 Å². The topological polar surface area (TPSA) is 69.2 Å². The summed E-state index contributed by atoms with van der Waals surface area (Å²) in [6, 6.07) is 6.90. The first-order chi connectivity index (χ1) is 8.00. The molecule has 92 valence electrons. The summed E-state index contributed by atoms with van der Waals surface area (Å²) in [5.74, 6) is 0.628. The van der Waals surface area contributed by atoms with Crippen LogP contribution in [0, 0.1) is 16.0 Å². The van der Waals surface area contributed by atoms with E-state index in [-0.39, 0.29) is 16.1 Å². The van der Waals surface area contributed by atoms with E-state index in [0.29, 0.717) is 12.3 Å². The highest BCUT2D eigenvalue weighted by molar-refractivity contribution is 5.41. The molecule has 0 radical (unpaired) electrons. The highest BCUT2D eigenvalue weighted by atomic mass is 16.6. The predicted octanol–water partition coefficient (Wildman–Crippen LogP) is 2.65. The predicted molar refractivity (Wildman–Crippen MR) is 66.7 cm³/mol. The van der Waals surface area contributed by atoms with Crippen molar-refractivity contribution in [1.29, 1.82) is 0 Å². The number of nitrogens with two attached hydrogens (primary N) is 1. The van der Waals surface area contributed by atoms with E-state index in [0.717, 1.165) is 24.8 Å². The van der Waals surface area contributed by atoms with Crippen molar-refractivity contribution in [2.45, 2.75) is 38.1 Å². The van der Waals surface area contributed by atoms with Crippen LogP contribution in [0.5, 0.6) is 0 Å². The van der Waals surface area contributed by atoms with Crippen LogP contribution in [0.1, 0.15) is 31.7 Å². The van der Waals surface area contributed by atoms with E-state index in [1.807, 2.05) is 12.1 Å². The Bertz CT molecular complexity index is 433. The van der Waals surface area contributed by atoms with E-state index < -0.39 is 0 Å². The Morgan fingerprint density at radius 1 is 1.53 bits per heavy atom. The third kappa shape index (κ3) is 2.64. The van der Waals surface area contributed by atoms with E-state index in [4.69, 9.17) is 5.73 Å². The number of nitro groups is 1. The molecule has 17 heavy (non-hydrogen) atoms. The molecule has 0 amide bonds. The summed E-state index contributed by atoms with van der Waals surface area (Å²) >= 11 is 0. The number of nitro benzene ring substituents is 1. The van der Waals surface area contributed by atoms with Gasteiger partial charge in [0.2, 0.25) is 0 Å². The normalized spacial score (nSPS) is 28.2. The minimum absolute atomic E-state index is 0.192. The Hall–Kier alpha value is -1.42. The highest BCUT2D eigenvalue weighted by Gasteiger charge is 2.35. The molecule has 1 saturated carbocycles. The first-order valence-corrected chi connectivity index (χ1v) is 6.01. The van der Waals surface area contributed by atoms with Crippen LogP contribution in [0.2, 0.25) is 0 Å². The molecular formula is C13H18N2O2. The Balaban J connectivity index is 2.21. The maximum atomic E-state index is 10.9. The lowest BCUT2D eigenvalue weighted by atomic mass is 9.89. The molecule has 1 aromatic carbocycles. The maximum Gasteiger partial charge on any atom is 0.272 e. The van der Waals surface area contributed by atoms with Gasteiger partial charge in [0.05, 0.1) is 4.92 Å². The number of benzene rings is 1. The fourth-order valence-corrected chi connectivity index (χ4v) is 2.81. The summed E-state index contributed by atoms with van der Waals surface area (Å²) in [6.45, 7) is 2.19. The third-order valence-electron chi connectivity index (χ3n) is 3.62. The smallest absolute Gasteiger partial charge is 0.272 e. The molecule has 1 fully saturated rings. The van der Waals surface area contributed by atoms with Crippen molar-refractivity contribution >= 4 is 5.69 Å². The molecular weight excluding hydrogens is 216 g/mol. The first kappa shape index (κ1) is 12.0. The molecule has 0 aliphatic heterocycles. The van der Waals surface area contributed by atoms with Gasteiger partial charge in [-0.3, -0.25) is 10.1 Å². The van der Waals surface area contributed by atoms with Gasteiger partial charge < -0.3 is 5.73 Å². The number of nitrogens with zero attached hydrogens (tertiary/aromatic N) is 1. The number of hydrogen-bond acceptors (Lipinski definition) is 3. The van der Waals surface area contributed by atoms with E-state index in [2.05, 4.69) is 6.92 Å². The average molecular weight is 234 g/mol. The molecule has 0 bridgehead atoms. The van der Waals surface area contributed by atoms with Gasteiger partial charge in [0.15, 0.2) is 0 Å². The number of para-hydroxylation sites is 1. The van der Waals surface area contributed by atoms with Gasteiger partial charge in [-0.15, -0.1) is 0 Å². The summed E-state index contributed by atoms with van der Waals surface area (Å²) in [7, 11) is 0. The molecule has 1 aliphatic rings. The van der Waals surface area contributed by atoms with Crippen molar-refractivity contribution in [2.75, 3.05) is 0 Å². The average Bonchev–Trinajstić information content (AvgIpc) is 2.59. The molecule has 0 aromatic heterocycles. The van der Waals surface area contributed by atoms with Crippen LogP contribution in [0.4, 0.5) is 5.69 Å². The van der Waals surface area contributed by atoms with Crippen LogP contribution in [0.3, 0.4) is 0 Å². The molecule has 1 aromatic rings. The SMILES string of the molecule is CC1CCC(N)(Cc2ccccc2[N+](=O)[O-])C1. The molecule has 0 spiro atoms. The summed E-state index contributed by atoms with van der Waals surface area (Å²) in [5.41, 5.74) is 7.02. The summed E-state index contributed by atoms with van der Waals surface area (Å²) < 4.78 is 0. The fourth-order valence-electron chi connectivity index (χ4n) is 2.81. The quantitative estimate of drug-likeness (QED) is 0.645. The van der Waals surface area contributed by atoms with Crippen molar-refractivity contribution in [3.05, 3.63) is 39.9 Å². The summed E-state index contributed by atoms with van der Waals surface area (Å²) in [5, 5.41) is 10.9. The van der Waals surface area contributed by atoms with Crippen LogP contribution in [-0.4, -0.2) is 10.5 Å². The Labute approximate surface area is 101 Å². The van der Waals surface area contributed by atoms with Gasteiger partial charge in [0, 0.05) is 17.2 Å².